The SMILES string of the molecule is CNC(=O)c1cccc(N2C=C(Nc3cc(C4CC4)[nH]n3)[NH+]3C=CN=C3C2)c1. The number of amides is 1. The molecule has 142 valence electrons. The number of anilines is 2. The summed E-state index contributed by atoms with van der Waals surface area (Å²) < 4.78 is 0. The van der Waals surface area contributed by atoms with Gasteiger partial charge in [0.25, 0.3) is 5.91 Å². The van der Waals surface area contributed by atoms with Crippen LogP contribution in [-0.2, 0) is 0 Å². The molecule has 1 aromatic carbocycles. The normalized spacial score (nSPS) is 20.5. The van der Waals surface area contributed by atoms with Crippen LogP contribution >= 0.6 is 0 Å². The molecule has 1 unspecified atom stereocenters. The number of fused-ring (bicyclic) bond motifs is 1. The Kier molecular flexibility index (Phi) is 3.98. The van der Waals surface area contributed by atoms with E-state index in [1.807, 2.05) is 36.7 Å². The number of carbonyl (C=O) groups is 1. The van der Waals surface area contributed by atoms with E-state index in [0.29, 0.717) is 18.0 Å². The lowest BCUT2D eigenvalue weighted by atomic mass is 10.1. The van der Waals surface area contributed by atoms with Gasteiger partial charge < -0.3 is 10.2 Å². The number of rotatable bonds is 5. The van der Waals surface area contributed by atoms with Crippen LogP contribution in [-0.4, -0.2) is 35.5 Å². The molecule has 3 heterocycles. The summed E-state index contributed by atoms with van der Waals surface area (Å²) in [5, 5.41) is 13.6. The molecule has 4 N–H and O–H groups in total. The molecular formula is C20H22N7O+. The number of hydrogen-bond acceptors (Lipinski definition) is 5. The average molecular weight is 376 g/mol. The van der Waals surface area contributed by atoms with Crippen LogP contribution in [0.5, 0.6) is 0 Å². The van der Waals surface area contributed by atoms with E-state index in [9.17, 15) is 4.79 Å². The summed E-state index contributed by atoms with van der Waals surface area (Å²) in [5.41, 5.74) is 2.76. The van der Waals surface area contributed by atoms with Crippen molar-refractivity contribution < 1.29 is 9.69 Å². The van der Waals surface area contributed by atoms with Crippen LogP contribution in [0.15, 0.2) is 59.7 Å². The van der Waals surface area contributed by atoms with E-state index in [4.69, 9.17) is 0 Å². The molecule has 2 aliphatic heterocycles. The van der Waals surface area contributed by atoms with Gasteiger partial charge in [0.15, 0.2) is 5.82 Å². The van der Waals surface area contributed by atoms with Crippen molar-refractivity contribution in [3.05, 3.63) is 66.0 Å². The number of nitrogens with one attached hydrogen (secondary N) is 4. The maximum Gasteiger partial charge on any atom is 0.251 e. The zero-order valence-electron chi connectivity index (χ0n) is 15.6. The predicted octanol–water partition coefficient (Wildman–Crippen LogP) is 1.15. The van der Waals surface area contributed by atoms with Crippen LogP contribution in [0.25, 0.3) is 0 Å². The van der Waals surface area contributed by atoms with Crippen molar-refractivity contribution in [3.63, 3.8) is 0 Å². The monoisotopic (exact) mass is 376 g/mol. The molecule has 0 radical (unpaired) electrons. The fraction of sp³-hybridized carbons (Fsp3) is 0.250. The summed E-state index contributed by atoms with van der Waals surface area (Å²) in [5.74, 6) is 3.27. The number of aromatic amines is 1. The van der Waals surface area contributed by atoms with Crippen LogP contribution in [0, 0.1) is 0 Å². The highest BCUT2D eigenvalue weighted by Crippen LogP contribution is 2.39. The van der Waals surface area contributed by atoms with Gasteiger partial charge in [-0.15, -0.1) is 0 Å². The number of hydrogen-bond donors (Lipinski definition) is 4. The van der Waals surface area contributed by atoms with Gasteiger partial charge in [0.05, 0.1) is 12.4 Å². The Morgan fingerprint density at radius 1 is 1.32 bits per heavy atom. The lowest BCUT2D eigenvalue weighted by Crippen LogP contribution is -3.10. The van der Waals surface area contributed by atoms with Crippen LogP contribution in [0.1, 0.15) is 34.8 Å². The molecule has 8 nitrogen and oxygen atoms in total. The van der Waals surface area contributed by atoms with Crippen LogP contribution in [0.4, 0.5) is 11.5 Å². The Hall–Kier alpha value is -3.39. The zero-order valence-corrected chi connectivity index (χ0v) is 15.6. The van der Waals surface area contributed by atoms with Crippen molar-refractivity contribution in [2.24, 2.45) is 4.99 Å². The quantitative estimate of drug-likeness (QED) is 0.630. The summed E-state index contributed by atoms with van der Waals surface area (Å²) in [6, 6.07) is 9.67. The molecule has 8 heteroatoms. The smallest absolute Gasteiger partial charge is 0.251 e. The van der Waals surface area contributed by atoms with Gasteiger partial charge in [0.2, 0.25) is 11.7 Å². The first kappa shape index (κ1) is 16.8. The second-order valence-corrected chi connectivity index (χ2v) is 7.21. The predicted molar refractivity (Wildman–Crippen MR) is 107 cm³/mol. The summed E-state index contributed by atoms with van der Waals surface area (Å²) in [4.78, 5) is 19.7. The Morgan fingerprint density at radius 2 is 2.21 bits per heavy atom. The number of H-pyrrole nitrogens is 1. The standard InChI is InChI=1S/C20H21N7O/c1-21-20(28)14-3-2-4-15(9-14)26-11-18-22-7-8-27(18)19(12-26)23-17-10-16(24-25-17)13-5-6-13/h2-4,7-10,12-13H,5-6,11H2,1H3,(H,21,28)(H2,23,24,25)/p+1. The molecule has 1 saturated carbocycles. The molecule has 2 aromatic rings. The number of benzene rings is 1. The molecule has 0 bridgehead atoms. The van der Waals surface area contributed by atoms with E-state index >= 15 is 0 Å². The highest BCUT2D eigenvalue weighted by atomic mass is 16.1. The Balaban J connectivity index is 1.44. The number of aliphatic imine (C=N–C) groups is 1. The van der Waals surface area contributed by atoms with Crippen molar-refractivity contribution in [1.82, 2.24) is 15.5 Å². The first-order chi connectivity index (χ1) is 13.7. The van der Waals surface area contributed by atoms with Crippen LogP contribution in [0.2, 0.25) is 0 Å². The fourth-order valence-corrected chi connectivity index (χ4v) is 3.55. The minimum atomic E-state index is -0.0996. The van der Waals surface area contributed by atoms with E-state index in [1.165, 1.54) is 18.5 Å². The molecule has 1 aliphatic carbocycles. The lowest BCUT2D eigenvalue weighted by molar-refractivity contribution is -0.698. The lowest BCUT2D eigenvalue weighted by Gasteiger charge is -2.29. The van der Waals surface area contributed by atoms with Crippen molar-refractivity contribution in [3.8, 4) is 0 Å². The largest absolute Gasteiger partial charge is 0.355 e. The minimum absolute atomic E-state index is 0.0996. The second kappa shape index (κ2) is 6.65. The van der Waals surface area contributed by atoms with Gasteiger partial charge in [-0.3, -0.25) is 15.2 Å². The summed E-state index contributed by atoms with van der Waals surface area (Å²) in [7, 11) is 1.64. The van der Waals surface area contributed by atoms with Gasteiger partial charge in [-0.05, 0) is 31.0 Å². The summed E-state index contributed by atoms with van der Waals surface area (Å²) >= 11 is 0. The molecule has 0 spiro atoms. The van der Waals surface area contributed by atoms with Crippen molar-refractivity contribution >= 4 is 23.2 Å². The van der Waals surface area contributed by atoms with Gasteiger partial charge in [0.1, 0.15) is 12.7 Å². The summed E-state index contributed by atoms with van der Waals surface area (Å²) in [6.07, 6.45) is 8.36. The summed E-state index contributed by atoms with van der Waals surface area (Å²) in [6.45, 7) is 0.651. The molecule has 3 aliphatic rings. The molecule has 0 saturated heterocycles. The fourth-order valence-electron chi connectivity index (χ4n) is 3.55. The number of carbonyl (C=O) groups excluding carboxylic acids is 1. The molecule has 1 amide bonds. The van der Waals surface area contributed by atoms with E-state index in [1.54, 1.807) is 7.05 Å². The molecule has 1 fully saturated rings. The molecule has 1 aromatic heterocycles. The van der Waals surface area contributed by atoms with E-state index in [0.717, 1.165) is 28.1 Å². The third-order valence-electron chi connectivity index (χ3n) is 5.22. The van der Waals surface area contributed by atoms with E-state index in [2.05, 4.69) is 43.0 Å². The van der Waals surface area contributed by atoms with Gasteiger partial charge in [-0.2, -0.15) is 5.10 Å². The third kappa shape index (κ3) is 3.07. The number of quaternary nitrogens is 1. The van der Waals surface area contributed by atoms with Gasteiger partial charge in [0, 0.05) is 36.0 Å². The van der Waals surface area contributed by atoms with Gasteiger partial charge in [-0.1, -0.05) is 6.07 Å². The van der Waals surface area contributed by atoms with E-state index in [-0.39, 0.29) is 5.91 Å². The highest BCUT2D eigenvalue weighted by Gasteiger charge is 2.32. The van der Waals surface area contributed by atoms with Gasteiger partial charge >= 0.3 is 0 Å². The Morgan fingerprint density at radius 3 is 3.04 bits per heavy atom. The Bertz CT molecular complexity index is 1020. The molecular weight excluding hydrogens is 354 g/mol. The first-order valence-corrected chi connectivity index (χ1v) is 9.45. The number of aromatic nitrogens is 2. The number of amidine groups is 1. The van der Waals surface area contributed by atoms with Gasteiger partial charge in [-0.25, -0.2) is 9.89 Å². The molecule has 28 heavy (non-hydrogen) atoms. The number of nitrogens with zero attached hydrogens (tertiary/aromatic N) is 3. The van der Waals surface area contributed by atoms with Crippen molar-refractivity contribution in [2.45, 2.75) is 18.8 Å². The molecule has 1 atom stereocenters. The zero-order chi connectivity index (χ0) is 19.1. The van der Waals surface area contributed by atoms with Crippen molar-refractivity contribution in [1.29, 1.82) is 0 Å². The second-order valence-electron chi connectivity index (χ2n) is 7.21. The topological polar surface area (TPSA) is 89.9 Å². The molecule has 5 rings (SSSR count). The maximum atomic E-state index is 12.0. The third-order valence-corrected chi connectivity index (χ3v) is 5.22. The van der Waals surface area contributed by atoms with Crippen molar-refractivity contribution in [2.75, 3.05) is 23.8 Å². The highest BCUT2D eigenvalue weighted by molar-refractivity contribution is 5.95. The first-order valence-electron chi connectivity index (χ1n) is 9.45. The van der Waals surface area contributed by atoms with Crippen LogP contribution < -0.4 is 20.4 Å². The minimum Gasteiger partial charge on any atom is -0.355 e. The van der Waals surface area contributed by atoms with E-state index < -0.39 is 0 Å². The van der Waals surface area contributed by atoms with Crippen LogP contribution in [0.3, 0.4) is 0 Å². The maximum absolute atomic E-state index is 12.0. The Labute approximate surface area is 162 Å². The average Bonchev–Trinajstić information content (AvgIpc) is 3.28.